The molecule has 0 heterocycles. The van der Waals surface area contributed by atoms with E-state index in [0.717, 1.165) is 6.42 Å². The molecule has 0 spiro atoms. The van der Waals surface area contributed by atoms with Gasteiger partial charge < -0.3 is 11.1 Å². The van der Waals surface area contributed by atoms with Crippen LogP contribution in [-0.2, 0) is 4.79 Å². The highest BCUT2D eigenvalue weighted by molar-refractivity contribution is 5.96. The predicted molar refractivity (Wildman–Crippen MR) is 66.3 cm³/mol. The van der Waals surface area contributed by atoms with Gasteiger partial charge in [-0.25, -0.2) is 4.79 Å². The van der Waals surface area contributed by atoms with Crippen LogP contribution >= 0.6 is 0 Å². The van der Waals surface area contributed by atoms with Gasteiger partial charge in [0.1, 0.15) is 0 Å². The largest absolute Gasteiger partial charge is 0.351 e. The average Bonchev–Trinajstić information content (AvgIpc) is 2.23. The molecule has 4 unspecified atom stereocenters. The first kappa shape index (κ1) is 14.0. The number of primary amides is 1. The number of nitrogens with two attached hydrogens (primary N) is 1. The Morgan fingerprint density at radius 3 is 2.53 bits per heavy atom. The Labute approximate surface area is 103 Å². The van der Waals surface area contributed by atoms with Gasteiger partial charge in [-0.05, 0) is 25.2 Å². The first-order chi connectivity index (χ1) is 7.91. The van der Waals surface area contributed by atoms with Crippen LogP contribution in [0.1, 0.15) is 40.0 Å². The minimum Gasteiger partial charge on any atom is -0.351 e. The van der Waals surface area contributed by atoms with E-state index in [9.17, 15) is 9.59 Å². The van der Waals surface area contributed by atoms with Gasteiger partial charge in [0.05, 0.1) is 6.04 Å². The van der Waals surface area contributed by atoms with Crippen LogP contribution in [0.5, 0.6) is 0 Å². The van der Waals surface area contributed by atoms with Crippen LogP contribution in [0.25, 0.3) is 0 Å². The van der Waals surface area contributed by atoms with E-state index < -0.39 is 6.03 Å². The second-order valence-corrected chi connectivity index (χ2v) is 5.12. The summed E-state index contributed by atoms with van der Waals surface area (Å²) < 4.78 is 0. The number of urea groups is 1. The van der Waals surface area contributed by atoms with Crippen LogP contribution < -0.4 is 16.4 Å². The van der Waals surface area contributed by atoms with Crippen LogP contribution in [-0.4, -0.2) is 24.0 Å². The Morgan fingerprint density at radius 2 is 1.94 bits per heavy atom. The highest BCUT2D eigenvalue weighted by atomic mass is 16.2. The van der Waals surface area contributed by atoms with Crippen molar-refractivity contribution in [3.05, 3.63) is 0 Å². The van der Waals surface area contributed by atoms with Crippen LogP contribution in [0, 0.1) is 11.8 Å². The van der Waals surface area contributed by atoms with Gasteiger partial charge in [0.15, 0.2) is 0 Å². The highest BCUT2D eigenvalue weighted by Gasteiger charge is 2.29. The minimum absolute atomic E-state index is 0.340. The lowest BCUT2D eigenvalue weighted by atomic mass is 9.78. The summed E-state index contributed by atoms with van der Waals surface area (Å²) >= 11 is 0. The molecule has 1 fully saturated rings. The summed E-state index contributed by atoms with van der Waals surface area (Å²) in [6.07, 6.45) is 3.52. The van der Waals surface area contributed by atoms with E-state index in [1.165, 1.54) is 12.8 Å². The third-order valence-electron chi connectivity index (χ3n) is 3.81. The van der Waals surface area contributed by atoms with Crippen molar-refractivity contribution < 1.29 is 9.59 Å². The van der Waals surface area contributed by atoms with E-state index in [1.807, 2.05) is 0 Å². The number of carbonyl (C=O) groups is 2. The summed E-state index contributed by atoms with van der Waals surface area (Å²) in [5.74, 6) is 0.864. The van der Waals surface area contributed by atoms with Crippen LogP contribution in [0.3, 0.4) is 0 Å². The van der Waals surface area contributed by atoms with Crippen molar-refractivity contribution in [2.24, 2.45) is 17.6 Å². The molecule has 4 N–H and O–H groups in total. The Hall–Kier alpha value is -1.10. The second-order valence-electron chi connectivity index (χ2n) is 5.12. The van der Waals surface area contributed by atoms with E-state index in [2.05, 4.69) is 24.5 Å². The summed E-state index contributed by atoms with van der Waals surface area (Å²) in [6, 6.07) is -0.846. The monoisotopic (exact) mass is 241 g/mol. The van der Waals surface area contributed by atoms with E-state index in [1.54, 1.807) is 6.92 Å². The topological polar surface area (TPSA) is 84.2 Å². The van der Waals surface area contributed by atoms with Crippen molar-refractivity contribution in [3.63, 3.8) is 0 Å². The van der Waals surface area contributed by atoms with Crippen molar-refractivity contribution in [2.75, 3.05) is 0 Å². The number of nitrogens with one attached hydrogen (secondary N) is 2. The van der Waals surface area contributed by atoms with E-state index in [-0.39, 0.29) is 11.9 Å². The SMILES string of the molecule is CC(NC1CCCC(C)C1C)C(=O)NC(N)=O. The molecule has 17 heavy (non-hydrogen) atoms. The molecule has 1 aliphatic rings. The maximum absolute atomic E-state index is 11.5. The Morgan fingerprint density at radius 1 is 1.29 bits per heavy atom. The maximum Gasteiger partial charge on any atom is 0.318 e. The van der Waals surface area contributed by atoms with Gasteiger partial charge in [0, 0.05) is 6.04 Å². The van der Waals surface area contributed by atoms with Gasteiger partial charge in [-0.15, -0.1) is 0 Å². The number of amides is 3. The fourth-order valence-electron chi connectivity index (χ4n) is 2.44. The van der Waals surface area contributed by atoms with Crippen LogP contribution in [0.4, 0.5) is 4.79 Å². The van der Waals surface area contributed by atoms with E-state index in [4.69, 9.17) is 5.73 Å². The Kier molecular flexibility index (Phi) is 4.93. The number of hydrogen-bond donors (Lipinski definition) is 3. The number of carbonyl (C=O) groups excluding carboxylic acids is 2. The fraction of sp³-hybridized carbons (Fsp3) is 0.833. The van der Waals surface area contributed by atoms with Gasteiger partial charge in [0.25, 0.3) is 0 Å². The van der Waals surface area contributed by atoms with E-state index >= 15 is 0 Å². The molecule has 3 amide bonds. The van der Waals surface area contributed by atoms with Gasteiger partial charge in [-0.2, -0.15) is 0 Å². The molecule has 0 bridgehead atoms. The molecular weight excluding hydrogens is 218 g/mol. The standard InChI is InChI=1S/C12H23N3O2/c1-7-5-4-6-10(8(7)2)14-9(3)11(16)15-12(13)17/h7-10,14H,4-6H2,1-3H3,(H3,13,15,16,17). The normalized spacial score (nSPS) is 30.6. The maximum atomic E-state index is 11.5. The molecule has 0 aliphatic heterocycles. The number of hydrogen-bond acceptors (Lipinski definition) is 3. The summed E-state index contributed by atoms with van der Waals surface area (Å²) in [5.41, 5.74) is 4.92. The molecule has 1 saturated carbocycles. The zero-order valence-corrected chi connectivity index (χ0v) is 10.8. The van der Waals surface area contributed by atoms with Crippen molar-refractivity contribution in [2.45, 2.75) is 52.1 Å². The summed E-state index contributed by atoms with van der Waals surface area (Å²) in [5, 5.41) is 5.38. The lowest BCUT2D eigenvalue weighted by Crippen LogP contribution is -2.52. The summed E-state index contributed by atoms with van der Waals surface area (Å²) in [4.78, 5) is 22.1. The van der Waals surface area contributed by atoms with E-state index in [0.29, 0.717) is 17.9 Å². The molecule has 5 heteroatoms. The predicted octanol–water partition coefficient (Wildman–Crippen LogP) is 0.984. The van der Waals surface area contributed by atoms with Crippen LogP contribution in [0.15, 0.2) is 0 Å². The van der Waals surface area contributed by atoms with Gasteiger partial charge in [-0.3, -0.25) is 10.1 Å². The molecule has 98 valence electrons. The first-order valence-corrected chi connectivity index (χ1v) is 6.28. The lowest BCUT2D eigenvalue weighted by Gasteiger charge is -2.36. The molecule has 0 saturated heterocycles. The molecule has 0 aromatic rings. The van der Waals surface area contributed by atoms with Crippen molar-refractivity contribution in [1.29, 1.82) is 0 Å². The van der Waals surface area contributed by atoms with Gasteiger partial charge >= 0.3 is 6.03 Å². The summed E-state index contributed by atoms with van der Waals surface area (Å²) in [6.45, 7) is 6.21. The van der Waals surface area contributed by atoms with Crippen molar-refractivity contribution >= 4 is 11.9 Å². The lowest BCUT2D eigenvalue weighted by molar-refractivity contribution is -0.122. The second kappa shape index (κ2) is 6.00. The minimum atomic E-state index is -0.797. The molecule has 1 rings (SSSR count). The molecule has 1 aliphatic carbocycles. The Bertz CT molecular complexity index is 293. The molecule has 0 aromatic heterocycles. The van der Waals surface area contributed by atoms with Gasteiger partial charge in [-0.1, -0.05) is 26.7 Å². The highest BCUT2D eigenvalue weighted by Crippen LogP contribution is 2.29. The summed E-state index contributed by atoms with van der Waals surface area (Å²) in [7, 11) is 0. The van der Waals surface area contributed by atoms with Gasteiger partial charge in [0.2, 0.25) is 5.91 Å². The smallest absolute Gasteiger partial charge is 0.318 e. The fourth-order valence-corrected chi connectivity index (χ4v) is 2.44. The molecule has 0 radical (unpaired) electrons. The Balaban J connectivity index is 2.47. The zero-order valence-electron chi connectivity index (χ0n) is 10.8. The molecule has 0 aromatic carbocycles. The molecular formula is C12H23N3O2. The van der Waals surface area contributed by atoms with Crippen molar-refractivity contribution in [1.82, 2.24) is 10.6 Å². The van der Waals surface area contributed by atoms with Crippen LogP contribution in [0.2, 0.25) is 0 Å². The average molecular weight is 241 g/mol. The molecule has 5 nitrogen and oxygen atoms in total. The molecule has 4 atom stereocenters. The number of imide groups is 1. The third-order valence-corrected chi connectivity index (χ3v) is 3.81. The number of rotatable bonds is 3. The zero-order chi connectivity index (χ0) is 13.0. The first-order valence-electron chi connectivity index (χ1n) is 6.28. The quantitative estimate of drug-likeness (QED) is 0.688. The van der Waals surface area contributed by atoms with Crippen molar-refractivity contribution in [3.8, 4) is 0 Å². The third kappa shape index (κ3) is 4.00.